The Balaban J connectivity index is 0.00000216. The first kappa shape index (κ1) is 30.8. The van der Waals surface area contributed by atoms with E-state index in [4.69, 9.17) is 0 Å². The van der Waals surface area contributed by atoms with Crippen LogP contribution in [-0.4, -0.2) is 5.43 Å². The Bertz CT molecular complexity index is 1120. The molecular weight excluding hydrogens is 563 g/mol. The maximum Gasteiger partial charge on any atom is -1.00 e. The fraction of sp³-hybridized carbons (Fsp3) is 0.484. The van der Waals surface area contributed by atoms with Gasteiger partial charge in [0.1, 0.15) is 0 Å². The minimum absolute atomic E-state index is 0. The van der Waals surface area contributed by atoms with Crippen LogP contribution in [0.3, 0.4) is 0 Å². The first-order chi connectivity index (χ1) is 15.5. The van der Waals surface area contributed by atoms with Gasteiger partial charge in [-0.25, -0.2) is 0 Å². The van der Waals surface area contributed by atoms with Crippen molar-refractivity contribution in [3.63, 3.8) is 0 Å². The molecule has 0 bridgehead atoms. The number of hydrogen-bond acceptors (Lipinski definition) is 0. The number of allylic oxidation sites excluding steroid dienone is 4. The van der Waals surface area contributed by atoms with Crippen molar-refractivity contribution in [2.75, 3.05) is 0 Å². The molecule has 0 aromatic heterocycles. The molecule has 0 heterocycles. The van der Waals surface area contributed by atoms with Crippen LogP contribution in [0.15, 0.2) is 57.4 Å². The monoisotopic (exact) mass is 602 g/mol. The van der Waals surface area contributed by atoms with Gasteiger partial charge in [-0.05, 0) is 0 Å². The Morgan fingerprint density at radius 3 is 1.60 bits per heavy atom. The Morgan fingerprint density at radius 1 is 0.800 bits per heavy atom. The molecule has 0 N–H and O–H groups in total. The van der Waals surface area contributed by atoms with Crippen molar-refractivity contribution in [1.82, 2.24) is 0 Å². The molecule has 4 rings (SSSR count). The molecule has 188 valence electrons. The third kappa shape index (κ3) is 5.87. The molecule has 0 spiro atoms. The molecule has 0 atom stereocenters. The maximum atomic E-state index is 2.63. The van der Waals surface area contributed by atoms with E-state index in [0.29, 0.717) is 3.63 Å². The van der Waals surface area contributed by atoms with Gasteiger partial charge in [0.25, 0.3) is 0 Å². The van der Waals surface area contributed by atoms with Crippen LogP contribution in [0.1, 0.15) is 94.6 Å². The van der Waals surface area contributed by atoms with E-state index in [9.17, 15) is 0 Å². The van der Waals surface area contributed by atoms with E-state index in [1.807, 2.05) is 3.28 Å². The van der Waals surface area contributed by atoms with Gasteiger partial charge in [0.15, 0.2) is 0 Å². The fourth-order valence-corrected chi connectivity index (χ4v) is 28.8. The number of fused-ring (bicyclic) bond motifs is 3. The van der Waals surface area contributed by atoms with Gasteiger partial charge in [-0.3, -0.25) is 0 Å². The van der Waals surface area contributed by atoms with Crippen molar-refractivity contribution in [3.05, 3.63) is 79.7 Å². The number of rotatable bonds is 4. The van der Waals surface area contributed by atoms with E-state index in [0.717, 1.165) is 0 Å². The molecule has 0 unspecified atom stereocenters. The summed E-state index contributed by atoms with van der Waals surface area (Å²) >= 11 is -2.00. The topological polar surface area (TPSA) is 0 Å². The maximum absolute atomic E-state index is 2.63. The minimum Gasteiger partial charge on any atom is -1.00 e. The summed E-state index contributed by atoms with van der Waals surface area (Å²) in [6.45, 7) is 21.6. The van der Waals surface area contributed by atoms with Gasteiger partial charge in [-0.1, -0.05) is 0 Å². The molecule has 2 aliphatic carbocycles. The number of benzene rings is 2. The molecule has 0 aliphatic heterocycles. The van der Waals surface area contributed by atoms with E-state index in [1.165, 1.54) is 40.8 Å². The van der Waals surface area contributed by atoms with Crippen molar-refractivity contribution in [2.45, 2.75) is 95.3 Å². The Morgan fingerprint density at radius 2 is 1.26 bits per heavy atom. The molecule has 4 heteroatoms. The van der Waals surface area contributed by atoms with Crippen molar-refractivity contribution in [2.24, 2.45) is 0 Å². The summed E-state index contributed by atoms with van der Waals surface area (Å²) in [6.07, 6.45) is 6.10. The van der Waals surface area contributed by atoms with E-state index in [-0.39, 0.29) is 41.1 Å². The smallest absolute Gasteiger partial charge is 1.00 e. The number of hydrogen-bond donors (Lipinski definition) is 0. The van der Waals surface area contributed by atoms with Crippen LogP contribution in [0.5, 0.6) is 0 Å². The number of halogens is 2. The first-order valence-electron chi connectivity index (χ1n) is 12.8. The zero-order valence-electron chi connectivity index (χ0n) is 23.1. The summed E-state index contributed by atoms with van der Waals surface area (Å²) in [5, 5.41) is 0. The van der Waals surface area contributed by atoms with E-state index >= 15 is 0 Å². The molecule has 0 nitrogen and oxygen atoms in total. The van der Waals surface area contributed by atoms with Crippen LogP contribution in [0.25, 0.3) is 11.1 Å². The van der Waals surface area contributed by atoms with E-state index < -0.39 is 20.4 Å². The molecule has 0 amide bonds. The summed E-state index contributed by atoms with van der Waals surface area (Å²) < 4.78 is 2.60. The second kappa shape index (κ2) is 11.6. The van der Waals surface area contributed by atoms with Gasteiger partial charge in [0.2, 0.25) is 0 Å². The fourth-order valence-electron chi connectivity index (χ4n) is 5.67. The molecule has 0 saturated carbocycles. The Hall–Kier alpha value is -0.400. The quantitative estimate of drug-likeness (QED) is 0.471. The normalized spacial score (nSPS) is 14.6. The van der Waals surface area contributed by atoms with Gasteiger partial charge in [0, 0.05) is 0 Å². The van der Waals surface area contributed by atoms with E-state index in [2.05, 4.69) is 111 Å². The van der Waals surface area contributed by atoms with E-state index in [1.54, 1.807) is 16.7 Å². The average molecular weight is 605 g/mol. The zero-order chi connectivity index (χ0) is 24.1. The molecule has 2 aromatic carbocycles. The van der Waals surface area contributed by atoms with Crippen LogP contribution >= 0.6 is 0 Å². The summed E-state index contributed by atoms with van der Waals surface area (Å²) in [5.74, 6) is 0. The minimum atomic E-state index is -2.00. The zero-order valence-corrected chi connectivity index (χ0v) is 28.0. The summed E-state index contributed by atoms with van der Waals surface area (Å²) in [5.41, 5.74) is 11.0. The summed E-state index contributed by atoms with van der Waals surface area (Å²) in [6, 6.07) is 17.8. The van der Waals surface area contributed by atoms with Crippen LogP contribution in [0.2, 0.25) is 12.1 Å². The molecule has 0 radical (unpaired) electrons. The molecule has 2 aromatic rings. The van der Waals surface area contributed by atoms with Gasteiger partial charge < -0.3 is 24.8 Å². The average Bonchev–Trinajstić information content (AvgIpc) is 3.31. The Labute approximate surface area is 235 Å². The summed E-state index contributed by atoms with van der Waals surface area (Å²) in [4.78, 5) is 0. The molecule has 0 saturated heterocycles. The van der Waals surface area contributed by atoms with Gasteiger partial charge in [0.05, 0.1) is 0 Å². The molecular formula is C31H42Cl2SiZr. The predicted molar refractivity (Wildman–Crippen MR) is 144 cm³/mol. The molecule has 2 aliphatic rings. The first-order valence-corrected chi connectivity index (χ1v) is 21.1. The standard InChI is InChI=1S/C21H25.C6H7.C4H10Si.2ClH.Zr/c1-20(2,3)16-7-9-18-14(12-16)11-15-13-17(21(4,5)6)8-10-19(15)18;1-6-4-2-3-5-6;1-3-5-4-2;;;/h7-13H,1-6H3;2,4H,3H2,1H3;3-4H2,1-2H3;2*1H;/q;;;;;+2/p-2. The van der Waals surface area contributed by atoms with Gasteiger partial charge >= 0.3 is 212 Å². The Kier molecular flexibility index (Phi) is 10.2. The SMILES string of the molecule is CC[Si](CC)=[Zr+2]([C]1=C(C)C=CC1)[CH]1c2cc(C(C)(C)C)ccc2-c2ccc(C(C)(C)C)cc21.[Cl-].[Cl-]. The second-order valence-corrected chi connectivity index (χ2v) is 28.0. The summed E-state index contributed by atoms with van der Waals surface area (Å²) in [7, 11) is 0. The molecule has 35 heavy (non-hydrogen) atoms. The van der Waals surface area contributed by atoms with Crippen LogP contribution in [-0.2, 0) is 31.2 Å². The third-order valence-corrected chi connectivity index (χ3v) is 30.6. The van der Waals surface area contributed by atoms with Crippen LogP contribution < -0.4 is 24.8 Å². The van der Waals surface area contributed by atoms with Crippen LogP contribution in [0, 0.1) is 0 Å². The second-order valence-electron chi connectivity index (χ2n) is 12.0. The third-order valence-electron chi connectivity index (χ3n) is 7.76. The molecule has 0 fully saturated rings. The van der Waals surface area contributed by atoms with Crippen molar-refractivity contribution < 1.29 is 45.2 Å². The van der Waals surface area contributed by atoms with Crippen LogP contribution in [0.4, 0.5) is 0 Å². The van der Waals surface area contributed by atoms with Gasteiger partial charge in [-0.15, -0.1) is 0 Å². The van der Waals surface area contributed by atoms with Crippen molar-refractivity contribution in [1.29, 1.82) is 0 Å². The largest absolute Gasteiger partial charge is 1.00 e. The van der Waals surface area contributed by atoms with Gasteiger partial charge in [-0.2, -0.15) is 0 Å². The predicted octanol–water partition coefficient (Wildman–Crippen LogP) is 3.24. The van der Waals surface area contributed by atoms with Crippen molar-refractivity contribution >= 4 is 5.43 Å². The van der Waals surface area contributed by atoms with Crippen molar-refractivity contribution in [3.8, 4) is 11.1 Å².